The van der Waals surface area contributed by atoms with Crippen LogP contribution in [0.4, 0.5) is 0 Å². The maximum atomic E-state index is 4.48. The van der Waals surface area contributed by atoms with Crippen LogP contribution in [0.15, 0.2) is 24.4 Å². The van der Waals surface area contributed by atoms with Crippen LogP contribution in [-0.2, 0) is 0 Å². The molecule has 0 aromatic carbocycles. The summed E-state index contributed by atoms with van der Waals surface area (Å²) in [6, 6.07) is 7.25. The van der Waals surface area contributed by atoms with E-state index in [1.165, 1.54) is 25.1 Å². The standard InChI is InChI=1S/C14H23N3/c1-3-17(13-7-6-9-15-11-13)12(2)14-8-4-5-10-16-14/h4-5,8,10,12-13,15H,3,6-7,9,11H2,1-2H3. The number of hydrogen-bond acceptors (Lipinski definition) is 3. The van der Waals surface area contributed by atoms with E-state index in [-0.39, 0.29) is 0 Å². The van der Waals surface area contributed by atoms with Gasteiger partial charge in [0.05, 0.1) is 5.69 Å². The van der Waals surface area contributed by atoms with Crippen LogP contribution in [0.5, 0.6) is 0 Å². The van der Waals surface area contributed by atoms with E-state index in [1.54, 1.807) is 0 Å². The van der Waals surface area contributed by atoms with Gasteiger partial charge in [-0.2, -0.15) is 0 Å². The van der Waals surface area contributed by atoms with E-state index < -0.39 is 0 Å². The van der Waals surface area contributed by atoms with Gasteiger partial charge in [0.2, 0.25) is 0 Å². The van der Waals surface area contributed by atoms with Crippen LogP contribution < -0.4 is 5.32 Å². The number of pyridine rings is 1. The van der Waals surface area contributed by atoms with E-state index in [2.05, 4.69) is 41.2 Å². The Kier molecular flexibility index (Phi) is 4.51. The van der Waals surface area contributed by atoms with Gasteiger partial charge < -0.3 is 5.32 Å². The quantitative estimate of drug-likeness (QED) is 0.864. The number of nitrogens with zero attached hydrogens (tertiary/aromatic N) is 2. The fourth-order valence-electron chi connectivity index (χ4n) is 2.76. The summed E-state index contributed by atoms with van der Waals surface area (Å²) in [4.78, 5) is 7.04. The highest BCUT2D eigenvalue weighted by atomic mass is 15.2. The van der Waals surface area contributed by atoms with Crippen molar-refractivity contribution in [2.45, 2.75) is 38.8 Å². The summed E-state index contributed by atoms with van der Waals surface area (Å²) in [6.45, 7) is 7.88. The van der Waals surface area contributed by atoms with E-state index in [9.17, 15) is 0 Å². The van der Waals surface area contributed by atoms with Crippen LogP contribution in [0, 0.1) is 0 Å². The van der Waals surface area contributed by atoms with Gasteiger partial charge >= 0.3 is 0 Å². The number of rotatable bonds is 4. The van der Waals surface area contributed by atoms with Crippen LogP contribution in [-0.4, -0.2) is 35.6 Å². The Hall–Kier alpha value is -0.930. The van der Waals surface area contributed by atoms with Crippen molar-refractivity contribution in [1.29, 1.82) is 0 Å². The fourth-order valence-corrected chi connectivity index (χ4v) is 2.76. The molecule has 2 atom stereocenters. The smallest absolute Gasteiger partial charge is 0.0572 e. The molecule has 1 aliphatic heterocycles. The maximum absolute atomic E-state index is 4.48. The van der Waals surface area contributed by atoms with Crippen molar-refractivity contribution in [3.8, 4) is 0 Å². The van der Waals surface area contributed by atoms with Crippen molar-refractivity contribution in [2.75, 3.05) is 19.6 Å². The zero-order valence-corrected chi connectivity index (χ0v) is 10.9. The minimum atomic E-state index is 0.408. The molecule has 0 saturated carbocycles. The molecule has 1 saturated heterocycles. The lowest BCUT2D eigenvalue weighted by Gasteiger charge is -2.37. The van der Waals surface area contributed by atoms with Crippen molar-refractivity contribution in [3.63, 3.8) is 0 Å². The van der Waals surface area contributed by atoms with E-state index >= 15 is 0 Å². The Morgan fingerprint density at radius 1 is 1.53 bits per heavy atom. The molecule has 2 heterocycles. The third-order valence-electron chi connectivity index (χ3n) is 3.72. The van der Waals surface area contributed by atoms with Crippen molar-refractivity contribution in [1.82, 2.24) is 15.2 Å². The Labute approximate surface area is 104 Å². The molecule has 0 spiro atoms. The summed E-state index contributed by atoms with van der Waals surface area (Å²) in [7, 11) is 0. The maximum Gasteiger partial charge on any atom is 0.0572 e. The second-order valence-corrected chi connectivity index (χ2v) is 4.76. The van der Waals surface area contributed by atoms with E-state index in [0.29, 0.717) is 12.1 Å². The fraction of sp³-hybridized carbons (Fsp3) is 0.643. The van der Waals surface area contributed by atoms with Crippen molar-refractivity contribution >= 4 is 0 Å². The van der Waals surface area contributed by atoms with E-state index in [1.807, 2.05) is 12.3 Å². The number of nitrogens with one attached hydrogen (secondary N) is 1. The molecule has 17 heavy (non-hydrogen) atoms. The average Bonchev–Trinajstić information content (AvgIpc) is 2.42. The number of aromatic nitrogens is 1. The Balaban J connectivity index is 2.06. The number of piperidine rings is 1. The minimum absolute atomic E-state index is 0.408. The molecule has 0 bridgehead atoms. The first kappa shape index (κ1) is 12.5. The highest BCUT2D eigenvalue weighted by Crippen LogP contribution is 2.23. The van der Waals surface area contributed by atoms with Crippen molar-refractivity contribution in [2.24, 2.45) is 0 Å². The van der Waals surface area contributed by atoms with Crippen LogP contribution in [0.25, 0.3) is 0 Å². The third kappa shape index (κ3) is 3.05. The molecule has 94 valence electrons. The second kappa shape index (κ2) is 6.12. The minimum Gasteiger partial charge on any atom is -0.315 e. The SMILES string of the molecule is CCN(C1CCCNC1)C(C)c1ccccn1. The first-order chi connectivity index (χ1) is 8.33. The molecule has 0 radical (unpaired) electrons. The van der Waals surface area contributed by atoms with Gasteiger partial charge in [0.15, 0.2) is 0 Å². The lowest BCUT2D eigenvalue weighted by molar-refractivity contribution is 0.126. The predicted molar refractivity (Wildman–Crippen MR) is 70.9 cm³/mol. The molecule has 2 rings (SSSR count). The molecule has 1 aliphatic rings. The predicted octanol–water partition coefficient (Wildman–Crippen LogP) is 2.22. The van der Waals surface area contributed by atoms with Gasteiger partial charge in [-0.15, -0.1) is 0 Å². The zero-order chi connectivity index (χ0) is 12.1. The van der Waals surface area contributed by atoms with Gasteiger partial charge in [-0.3, -0.25) is 9.88 Å². The van der Waals surface area contributed by atoms with Gasteiger partial charge in [-0.05, 0) is 45.0 Å². The van der Waals surface area contributed by atoms with E-state index in [0.717, 1.165) is 13.1 Å². The molecule has 2 unspecified atom stereocenters. The van der Waals surface area contributed by atoms with Gasteiger partial charge in [0.1, 0.15) is 0 Å². The van der Waals surface area contributed by atoms with Gasteiger partial charge in [-0.25, -0.2) is 0 Å². The molecule has 1 N–H and O–H groups in total. The number of hydrogen-bond donors (Lipinski definition) is 1. The molecule has 1 aromatic rings. The van der Waals surface area contributed by atoms with Crippen LogP contribution in [0.2, 0.25) is 0 Å². The topological polar surface area (TPSA) is 28.2 Å². The molecule has 3 nitrogen and oxygen atoms in total. The zero-order valence-electron chi connectivity index (χ0n) is 10.9. The van der Waals surface area contributed by atoms with Gasteiger partial charge in [0, 0.05) is 24.8 Å². The van der Waals surface area contributed by atoms with E-state index in [4.69, 9.17) is 0 Å². The first-order valence-corrected chi connectivity index (χ1v) is 6.70. The summed E-state index contributed by atoms with van der Waals surface area (Å²) in [5, 5.41) is 3.49. The molecule has 1 aromatic heterocycles. The van der Waals surface area contributed by atoms with Crippen LogP contribution >= 0.6 is 0 Å². The van der Waals surface area contributed by atoms with Crippen LogP contribution in [0.3, 0.4) is 0 Å². The highest BCUT2D eigenvalue weighted by molar-refractivity contribution is 5.08. The van der Waals surface area contributed by atoms with Crippen molar-refractivity contribution in [3.05, 3.63) is 30.1 Å². The highest BCUT2D eigenvalue weighted by Gasteiger charge is 2.25. The summed E-state index contributed by atoms with van der Waals surface area (Å²) >= 11 is 0. The summed E-state index contributed by atoms with van der Waals surface area (Å²) in [5.41, 5.74) is 1.18. The Morgan fingerprint density at radius 2 is 2.41 bits per heavy atom. The summed E-state index contributed by atoms with van der Waals surface area (Å²) in [6.07, 6.45) is 4.48. The van der Waals surface area contributed by atoms with Crippen molar-refractivity contribution < 1.29 is 0 Å². The monoisotopic (exact) mass is 233 g/mol. The Bertz CT molecular complexity index is 319. The van der Waals surface area contributed by atoms with Gasteiger partial charge in [0.25, 0.3) is 0 Å². The second-order valence-electron chi connectivity index (χ2n) is 4.76. The average molecular weight is 233 g/mol. The lowest BCUT2D eigenvalue weighted by atomic mass is 10.0. The summed E-state index contributed by atoms with van der Waals surface area (Å²) < 4.78 is 0. The molecule has 0 aliphatic carbocycles. The largest absolute Gasteiger partial charge is 0.315 e. The Morgan fingerprint density at radius 3 is 3.00 bits per heavy atom. The molecular formula is C14H23N3. The molecule has 0 amide bonds. The lowest BCUT2D eigenvalue weighted by Crippen LogP contribution is -2.47. The molecular weight excluding hydrogens is 210 g/mol. The molecule has 1 fully saturated rings. The first-order valence-electron chi connectivity index (χ1n) is 6.70. The van der Waals surface area contributed by atoms with Gasteiger partial charge in [-0.1, -0.05) is 13.0 Å². The van der Waals surface area contributed by atoms with Crippen LogP contribution in [0.1, 0.15) is 38.4 Å². The number of likely N-dealkylation sites (N-methyl/N-ethyl adjacent to an activating group) is 1. The normalized spacial score (nSPS) is 22.6. The summed E-state index contributed by atoms with van der Waals surface area (Å²) in [5.74, 6) is 0. The molecule has 3 heteroatoms. The third-order valence-corrected chi connectivity index (χ3v) is 3.72.